The molecular weight excluding hydrogens is 283 g/mol. The molecule has 22 heavy (non-hydrogen) atoms. The van der Waals surface area contributed by atoms with E-state index >= 15 is 0 Å². The Morgan fingerprint density at radius 3 is 2.77 bits per heavy atom. The van der Waals surface area contributed by atoms with Gasteiger partial charge in [-0.15, -0.1) is 0 Å². The van der Waals surface area contributed by atoms with E-state index in [1.54, 1.807) is 13.2 Å². The summed E-state index contributed by atoms with van der Waals surface area (Å²) in [6.45, 7) is 4.28. The average Bonchev–Trinajstić information content (AvgIpc) is 2.97. The van der Waals surface area contributed by atoms with Crippen LogP contribution in [-0.4, -0.2) is 27.0 Å². The number of methoxy groups -OCH3 is 1. The average molecular weight is 300 g/mol. The summed E-state index contributed by atoms with van der Waals surface area (Å²) < 4.78 is 18.2. The van der Waals surface area contributed by atoms with Gasteiger partial charge in [0.15, 0.2) is 5.65 Å². The van der Waals surface area contributed by atoms with Crippen LogP contribution in [0.15, 0.2) is 24.4 Å². The number of imidazole rings is 1. The van der Waals surface area contributed by atoms with Gasteiger partial charge in [-0.25, -0.2) is 9.97 Å². The summed E-state index contributed by atoms with van der Waals surface area (Å²) >= 11 is 0. The summed E-state index contributed by atoms with van der Waals surface area (Å²) in [6.07, 6.45) is 2.45. The van der Waals surface area contributed by atoms with E-state index in [0.29, 0.717) is 28.8 Å². The molecule has 0 aromatic carbocycles. The summed E-state index contributed by atoms with van der Waals surface area (Å²) in [5.74, 6) is 0.991. The maximum absolute atomic E-state index is 13.0. The van der Waals surface area contributed by atoms with Gasteiger partial charge >= 0.3 is 0 Å². The molecule has 1 atom stereocenters. The summed E-state index contributed by atoms with van der Waals surface area (Å²) in [6, 6.07) is 4.88. The number of rotatable bonds is 4. The second-order valence-corrected chi connectivity index (χ2v) is 5.22. The number of hydrogen-bond donors (Lipinski definition) is 1. The minimum atomic E-state index is -0.514. The fourth-order valence-corrected chi connectivity index (χ4v) is 2.35. The van der Waals surface area contributed by atoms with E-state index in [9.17, 15) is 4.39 Å². The van der Waals surface area contributed by atoms with E-state index in [1.165, 1.54) is 12.3 Å². The van der Waals surface area contributed by atoms with Crippen LogP contribution in [0.5, 0.6) is 5.88 Å². The molecule has 0 aliphatic carbocycles. The van der Waals surface area contributed by atoms with Crippen LogP contribution in [0.3, 0.4) is 0 Å². The molecule has 3 aromatic heterocycles. The topological polar surface area (TPSA) is 63.7 Å². The maximum atomic E-state index is 13.0. The van der Waals surface area contributed by atoms with Crippen molar-refractivity contribution in [3.8, 4) is 17.3 Å². The Kier molecular flexibility index (Phi) is 3.75. The smallest absolute Gasteiger partial charge is 0.215 e. The SMILES string of the molecule is CCC(C)c1cc(OC)nc2nc(-c3ccc(F)nc3)[nH]c12. The second kappa shape index (κ2) is 5.71. The molecule has 0 amide bonds. The molecule has 3 heterocycles. The monoisotopic (exact) mass is 300 g/mol. The van der Waals surface area contributed by atoms with Crippen molar-refractivity contribution in [2.24, 2.45) is 0 Å². The van der Waals surface area contributed by atoms with Crippen molar-refractivity contribution in [3.05, 3.63) is 35.9 Å². The van der Waals surface area contributed by atoms with Crippen LogP contribution in [0.1, 0.15) is 31.7 Å². The van der Waals surface area contributed by atoms with Gasteiger partial charge in [-0.2, -0.15) is 9.37 Å². The van der Waals surface area contributed by atoms with E-state index in [0.717, 1.165) is 17.5 Å². The minimum Gasteiger partial charge on any atom is -0.481 e. The standard InChI is InChI=1S/C16H17FN4O/c1-4-9(2)11-7-13(22-3)19-16-14(11)20-15(21-16)10-5-6-12(17)18-8-10/h5-9H,4H2,1-3H3,(H,19,20,21). The maximum Gasteiger partial charge on any atom is 0.215 e. The first-order valence-electron chi connectivity index (χ1n) is 7.19. The lowest BCUT2D eigenvalue weighted by atomic mass is 9.99. The van der Waals surface area contributed by atoms with Crippen LogP contribution in [0.2, 0.25) is 0 Å². The van der Waals surface area contributed by atoms with Crippen molar-refractivity contribution in [3.63, 3.8) is 0 Å². The molecule has 0 saturated carbocycles. The molecule has 6 heteroatoms. The molecule has 114 valence electrons. The van der Waals surface area contributed by atoms with E-state index < -0.39 is 5.95 Å². The lowest BCUT2D eigenvalue weighted by Crippen LogP contribution is -1.97. The predicted octanol–water partition coefficient (Wildman–Crippen LogP) is 3.68. The minimum absolute atomic E-state index is 0.346. The number of ether oxygens (including phenoxy) is 1. The highest BCUT2D eigenvalue weighted by molar-refractivity contribution is 5.80. The lowest BCUT2D eigenvalue weighted by Gasteiger charge is -2.10. The molecule has 5 nitrogen and oxygen atoms in total. The number of pyridine rings is 2. The molecule has 0 fully saturated rings. The molecule has 1 N–H and O–H groups in total. The summed E-state index contributed by atoms with van der Waals surface area (Å²) in [5, 5.41) is 0. The molecule has 0 spiro atoms. The van der Waals surface area contributed by atoms with Crippen LogP contribution >= 0.6 is 0 Å². The largest absolute Gasteiger partial charge is 0.481 e. The number of nitrogens with one attached hydrogen (secondary N) is 1. The highest BCUT2D eigenvalue weighted by Crippen LogP contribution is 2.30. The third-order valence-corrected chi connectivity index (χ3v) is 3.82. The Hall–Kier alpha value is -2.50. The Morgan fingerprint density at radius 2 is 2.14 bits per heavy atom. The summed E-state index contributed by atoms with van der Waals surface area (Å²) in [7, 11) is 1.59. The van der Waals surface area contributed by atoms with E-state index in [2.05, 4.69) is 33.8 Å². The van der Waals surface area contributed by atoms with Crippen molar-refractivity contribution in [2.75, 3.05) is 7.11 Å². The summed E-state index contributed by atoms with van der Waals surface area (Å²) in [4.78, 5) is 15.8. The van der Waals surface area contributed by atoms with Gasteiger partial charge < -0.3 is 9.72 Å². The molecule has 3 rings (SSSR count). The van der Waals surface area contributed by atoms with Crippen molar-refractivity contribution in [1.29, 1.82) is 0 Å². The number of aromatic amines is 1. The van der Waals surface area contributed by atoms with Gasteiger partial charge in [0.2, 0.25) is 11.8 Å². The van der Waals surface area contributed by atoms with Crippen molar-refractivity contribution in [1.82, 2.24) is 19.9 Å². The molecule has 1 unspecified atom stereocenters. The van der Waals surface area contributed by atoms with E-state index in [-0.39, 0.29) is 0 Å². The van der Waals surface area contributed by atoms with Crippen LogP contribution in [0, 0.1) is 5.95 Å². The predicted molar refractivity (Wildman–Crippen MR) is 82.3 cm³/mol. The first-order chi connectivity index (χ1) is 10.6. The van der Waals surface area contributed by atoms with Gasteiger partial charge in [-0.3, -0.25) is 0 Å². The van der Waals surface area contributed by atoms with Crippen LogP contribution < -0.4 is 4.74 Å². The third kappa shape index (κ3) is 2.52. The number of aromatic nitrogens is 4. The molecular formula is C16H17FN4O. The van der Waals surface area contributed by atoms with Gasteiger partial charge in [0.25, 0.3) is 0 Å². The van der Waals surface area contributed by atoms with Gasteiger partial charge in [0.1, 0.15) is 5.82 Å². The highest BCUT2D eigenvalue weighted by atomic mass is 19.1. The zero-order valence-corrected chi connectivity index (χ0v) is 12.7. The molecule has 0 radical (unpaired) electrons. The first-order valence-corrected chi connectivity index (χ1v) is 7.19. The summed E-state index contributed by atoms with van der Waals surface area (Å²) in [5.41, 5.74) is 3.30. The van der Waals surface area contributed by atoms with Gasteiger partial charge in [0, 0.05) is 17.8 Å². The normalized spacial score (nSPS) is 12.5. The van der Waals surface area contributed by atoms with Crippen molar-refractivity contribution in [2.45, 2.75) is 26.2 Å². The van der Waals surface area contributed by atoms with Crippen molar-refractivity contribution >= 4 is 11.2 Å². The Bertz CT molecular complexity index is 798. The van der Waals surface area contributed by atoms with Gasteiger partial charge in [-0.05, 0) is 30.0 Å². The molecule has 3 aromatic rings. The number of halogens is 1. The number of fused-ring (bicyclic) bond motifs is 1. The van der Waals surface area contributed by atoms with Crippen molar-refractivity contribution < 1.29 is 9.13 Å². The third-order valence-electron chi connectivity index (χ3n) is 3.82. The lowest BCUT2D eigenvalue weighted by molar-refractivity contribution is 0.398. The van der Waals surface area contributed by atoms with Gasteiger partial charge in [0.05, 0.1) is 12.6 Å². The van der Waals surface area contributed by atoms with E-state index in [4.69, 9.17) is 4.74 Å². The molecule has 0 aliphatic rings. The number of hydrogen-bond acceptors (Lipinski definition) is 4. The zero-order chi connectivity index (χ0) is 15.7. The quantitative estimate of drug-likeness (QED) is 0.746. The Morgan fingerprint density at radius 1 is 1.32 bits per heavy atom. The number of nitrogens with zero attached hydrogens (tertiary/aromatic N) is 3. The first kappa shape index (κ1) is 14.4. The second-order valence-electron chi connectivity index (χ2n) is 5.22. The Labute approximate surface area is 127 Å². The zero-order valence-electron chi connectivity index (χ0n) is 12.7. The molecule has 0 saturated heterocycles. The van der Waals surface area contributed by atoms with Crippen LogP contribution in [0.25, 0.3) is 22.6 Å². The Balaban J connectivity index is 2.17. The number of H-pyrrole nitrogens is 1. The highest BCUT2D eigenvalue weighted by Gasteiger charge is 2.16. The molecule has 0 bridgehead atoms. The molecule has 0 aliphatic heterocycles. The van der Waals surface area contributed by atoms with Crippen LogP contribution in [0.4, 0.5) is 4.39 Å². The van der Waals surface area contributed by atoms with Gasteiger partial charge in [-0.1, -0.05) is 13.8 Å². The fraction of sp³-hybridized carbons (Fsp3) is 0.312. The fourth-order valence-electron chi connectivity index (χ4n) is 2.35. The van der Waals surface area contributed by atoms with E-state index in [1.807, 2.05) is 6.07 Å². The van der Waals surface area contributed by atoms with Crippen LogP contribution in [-0.2, 0) is 0 Å².